The molecule has 4 heterocycles. The van der Waals surface area contributed by atoms with Gasteiger partial charge in [-0.25, -0.2) is 4.98 Å². The van der Waals surface area contributed by atoms with Gasteiger partial charge in [0.2, 0.25) is 0 Å². The molecule has 1 fully saturated rings. The predicted octanol–water partition coefficient (Wildman–Crippen LogP) is 2.20. The lowest BCUT2D eigenvalue weighted by atomic mass is 10.3. The lowest BCUT2D eigenvalue weighted by Crippen LogP contribution is -2.36. The van der Waals surface area contributed by atoms with E-state index in [0.717, 1.165) is 42.9 Å². The standard InChI is InChI=1S/C17H19N5O3S/c1-11-2-3-15(25-11)13-8-14(21-20-13)16(23)18-9-12-10-26-17(19-12)22-4-6-24-7-5-22/h2-3,8,10H,4-7,9H2,1H3,(H,18,23)(H,20,21). The number of morpholine rings is 1. The topological polar surface area (TPSA) is 96.3 Å². The van der Waals surface area contributed by atoms with Crippen molar-refractivity contribution in [1.82, 2.24) is 20.5 Å². The number of H-pyrrole nitrogens is 1. The van der Waals surface area contributed by atoms with Crippen molar-refractivity contribution in [3.63, 3.8) is 0 Å². The molecule has 136 valence electrons. The highest BCUT2D eigenvalue weighted by Gasteiger charge is 2.16. The first-order valence-corrected chi connectivity index (χ1v) is 9.24. The summed E-state index contributed by atoms with van der Waals surface area (Å²) in [6, 6.07) is 5.38. The van der Waals surface area contributed by atoms with Gasteiger partial charge in [0, 0.05) is 24.5 Å². The van der Waals surface area contributed by atoms with Crippen molar-refractivity contribution < 1.29 is 13.9 Å². The van der Waals surface area contributed by atoms with Crippen LogP contribution in [0.2, 0.25) is 0 Å². The maximum Gasteiger partial charge on any atom is 0.272 e. The molecule has 0 bridgehead atoms. The molecule has 0 unspecified atom stereocenters. The molecule has 9 heteroatoms. The first-order chi connectivity index (χ1) is 12.7. The van der Waals surface area contributed by atoms with E-state index in [9.17, 15) is 4.79 Å². The van der Waals surface area contributed by atoms with Gasteiger partial charge in [0.15, 0.2) is 16.6 Å². The number of amides is 1. The van der Waals surface area contributed by atoms with Crippen LogP contribution in [0.1, 0.15) is 21.9 Å². The molecular formula is C17H19N5O3S. The van der Waals surface area contributed by atoms with Crippen LogP contribution in [0.5, 0.6) is 0 Å². The Morgan fingerprint density at radius 3 is 3.00 bits per heavy atom. The molecule has 1 saturated heterocycles. The fraction of sp³-hybridized carbons (Fsp3) is 0.353. The summed E-state index contributed by atoms with van der Waals surface area (Å²) in [4.78, 5) is 19.1. The fourth-order valence-corrected chi connectivity index (χ4v) is 3.56. The molecule has 0 spiro atoms. The molecule has 1 aliphatic heterocycles. The number of thiazole rings is 1. The Kier molecular flexibility index (Phi) is 4.72. The third-order valence-electron chi connectivity index (χ3n) is 4.07. The average Bonchev–Trinajstić information content (AvgIpc) is 3.40. The summed E-state index contributed by atoms with van der Waals surface area (Å²) >= 11 is 1.58. The van der Waals surface area contributed by atoms with Crippen LogP contribution < -0.4 is 10.2 Å². The monoisotopic (exact) mass is 373 g/mol. The number of aromatic amines is 1. The number of anilines is 1. The Hall–Kier alpha value is -2.65. The minimum atomic E-state index is -0.253. The average molecular weight is 373 g/mol. The van der Waals surface area contributed by atoms with E-state index in [1.54, 1.807) is 17.4 Å². The molecule has 0 radical (unpaired) electrons. The zero-order valence-corrected chi connectivity index (χ0v) is 15.1. The van der Waals surface area contributed by atoms with Crippen LogP contribution in [-0.4, -0.2) is 47.4 Å². The van der Waals surface area contributed by atoms with E-state index in [4.69, 9.17) is 9.15 Å². The smallest absolute Gasteiger partial charge is 0.272 e. The summed E-state index contributed by atoms with van der Waals surface area (Å²) in [5, 5.41) is 12.7. The second kappa shape index (κ2) is 7.30. The van der Waals surface area contributed by atoms with Crippen molar-refractivity contribution in [2.24, 2.45) is 0 Å². The number of carbonyl (C=O) groups excluding carboxylic acids is 1. The molecule has 0 atom stereocenters. The van der Waals surface area contributed by atoms with E-state index in [2.05, 4.69) is 25.4 Å². The Labute approximate surface area is 154 Å². The maximum atomic E-state index is 12.3. The number of carbonyl (C=O) groups is 1. The first kappa shape index (κ1) is 16.8. The minimum Gasteiger partial charge on any atom is -0.460 e. The molecule has 8 nitrogen and oxygen atoms in total. The van der Waals surface area contributed by atoms with E-state index >= 15 is 0 Å². The van der Waals surface area contributed by atoms with Crippen LogP contribution in [0.25, 0.3) is 11.5 Å². The Morgan fingerprint density at radius 1 is 1.38 bits per heavy atom. The maximum absolute atomic E-state index is 12.3. The van der Waals surface area contributed by atoms with E-state index in [-0.39, 0.29) is 5.91 Å². The van der Waals surface area contributed by atoms with Crippen LogP contribution in [0.3, 0.4) is 0 Å². The molecule has 0 aliphatic carbocycles. The number of aryl methyl sites for hydroxylation is 1. The van der Waals surface area contributed by atoms with Gasteiger partial charge in [-0.15, -0.1) is 11.3 Å². The molecule has 0 saturated carbocycles. The molecule has 3 aromatic heterocycles. The van der Waals surface area contributed by atoms with E-state index in [0.29, 0.717) is 23.7 Å². The van der Waals surface area contributed by atoms with Crippen molar-refractivity contribution in [3.05, 3.63) is 40.7 Å². The van der Waals surface area contributed by atoms with Crippen molar-refractivity contribution in [3.8, 4) is 11.5 Å². The summed E-state index contributed by atoms with van der Waals surface area (Å²) in [6.45, 7) is 5.38. The quantitative estimate of drug-likeness (QED) is 0.712. The zero-order chi connectivity index (χ0) is 17.9. The first-order valence-electron chi connectivity index (χ1n) is 8.36. The van der Waals surface area contributed by atoms with Gasteiger partial charge in [0.05, 0.1) is 25.5 Å². The highest BCUT2D eigenvalue weighted by atomic mass is 32.1. The highest BCUT2D eigenvalue weighted by molar-refractivity contribution is 7.13. The fourth-order valence-electron chi connectivity index (χ4n) is 2.68. The Balaban J connectivity index is 1.35. The number of ether oxygens (including phenoxy) is 1. The van der Waals surface area contributed by atoms with Gasteiger partial charge >= 0.3 is 0 Å². The molecule has 1 aliphatic rings. The summed E-state index contributed by atoms with van der Waals surface area (Å²) in [6.07, 6.45) is 0. The molecule has 0 aromatic carbocycles. The number of furan rings is 1. The van der Waals surface area contributed by atoms with Crippen LogP contribution in [0.4, 0.5) is 5.13 Å². The molecule has 2 N–H and O–H groups in total. The normalized spacial score (nSPS) is 14.6. The van der Waals surface area contributed by atoms with Gasteiger partial charge in [-0.3, -0.25) is 9.89 Å². The molecule has 3 aromatic rings. The number of rotatable bonds is 5. The number of nitrogens with zero attached hydrogens (tertiary/aromatic N) is 3. The number of aromatic nitrogens is 3. The van der Waals surface area contributed by atoms with Crippen LogP contribution in [0, 0.1) is 6.92 Å². The molecular weight excluding hydrogens is 354 g/mol. The summed E-state index contributed by atoms with van der Waals surface area (Å²) in [7, 11) is 0. The third kappa shape index (κ3) is 3.63. The number of nitrogens with one attached hydrogen (secondary N) is 2. The van der Waals surface area contributed by atoms with Crippen molar-refractivity contribution >= 4 is 22.4 Å². The van der Waals surface area contributed by atoms with Gasteiger partial charge < -0.3 is 19.4 Å². The lowest BCUT2D eigenvalue weighted by Gasteiger charge is -2.26. The van der Waals surface area contributed by atoms with Crippen LogP contribution in [0.15, 0.2) is 28.0 Å². The predicted molar refractivity (Wildman–Crippen MR) is 97.3 cm³/mol. The van der Waals surface area contributed by atoms with Crippen LogP contribution >= 0.6 is 11.3 Å². The SMILES string of the molecule is Cc1ccc(-c2cc(C(=O)NCc3csc(N4CCOCC4)n3)n[nH]2)o1. The second-order valence-corrected chi connectivity index (χ2v) is 6.82. The molecule has 4 rings (SSSR count). The largest absolute Gasteiger partial charge is 0.460 e. The van der Waals surface area contributed by atoms with Crippen LogP contribution in [-0.2, 0) is 11.3 Å². The van der Waals surface area contributed by atoms with Crippen molar-refractivity contribution in [2.75, 3.05) is 31.2 Å². The van der Waals surface area contributed by atoms with Gasteiger partial charge in [-0.2, -0.15) is 5.10 Å². The van der Waals surface area contributed by atoms with Crippen molar-refractivity contribution in [1.29, 1.82) is 0 Å². The second-order valence-electron chi connectivity index (χ2n) is 5.98. The third-order valence-corrected chi connectivity index (χ3v) is 5.02. The Morgan fingerprint density at radius 2 is 2.23 bits per heavy atom. The van der Waals surface area contributed by atoms with Gasteiger partial charge in [-0.1, -0.05) is 0 Å². The van der Waals surface area contributed by atoms with E-state index in [1.807, 2.05) is 24.4 Å². The lowest BCUT2D eigenvalue weighted by molar-refractivity contribution is 0.0945. The van der Waals surface area contributed by atoms with Gasteiger partial charge in [0.25, 0.3) is 5.91 Å². The van der Waals surface area contributed by atoms with Gasteiger partial charge in [0.1, 0.15) is 11.5 Å². The highest BCUT2D eigenvalue weighted by Crippen LogP contribution is 2.22. The number of hydrogen-bond donors (Lipinski definition) is 2. The molecule has 1 amide bonds. The summed E-state index contributed by atoms with van der Waals surface area (Å²) in [5.74, 6) is 1.21. The summed E-state index contributed by atoms with van der Waals surface area (Å²) in [5.41, 5.74) is 1.83. The van der Waals surface area contributed by atoms with E-state index in [1.165, 1.54) is 0 Å². The van der Waals surface area contributed by atoms with E-state index < -0.39 is 0 Å². The number of hydrogen-bond acceptors (Lipinski definition) is 7. The summed E-state index contributed by atoms with van der Waals surface area (Å²) < 4.78 is 10.9. The van der Waals surface area contributed by atoms with Gasteiger partial charge in [-0.05, 0) is 19.1 Å². The minimum absolute atomic E-state index is 0.253. The Bertz CT molecular complexity index is 894. The van der Waals surface area contributed by atoms with Crippen molar-refractivity contribution in [2.45, 2.75) is 13.5 Å². The zero-order valence-electron chi connectivity index (χ0n) is 14.3. The molecule has 26 heavy (non-hydrogen) atoms.